The third-order valence-electron chi connectivity index (χ3n) is 3.24. The number of hydrogen-bond donors (Lipinski definition) is 2. The average Bonchev–Trinajstić information content (AvgIpc) is 2.54. The number of thiocarbonyl (C=S) groups is 1. The maximum absolute atomic E-state index is 12.3. The molecule has 24 heavy (non-hydrogen) atoms. The number of carbonyl (C=O) groups excluding carboxylic acids is 1. The second kappa shape index (κ2) is 7.51. The molecule has 0 saturated heterocycles. The summed E-state index contributed by atoms with van der Waals surface area (Å²) in [4.78, 5) is 22.8. The molecule has 0 radical (unpaired) electrons. The average molecular weight is 345 g/mol. The van der Waals surface area contributed by atoms with Gasteiger partial charge in [-0.05, 0) is 36.8 Å². The smallest absolute Gasteiger partial charge is 0.292 e. The molecule has 7 nitrogen and oxygen atoms in total. The molecular weight excluding hydrogens is 330 g/mol. The lowest BCUT2D eigenvalue weighted by Crippen LogP contribution is -2.34. The SMILES string of the molecule is COc1c(C)cccc1C(=O)NC(=S)Nc1ccccc1[N+](=O)[O-]. The fourth-order valence-corrected chi connectivity index (χ4v) is 2.37. The third-order valence-corrected chi connectivity index (χ3v) is 3.44. The largest absolute Gasteiger partial charge is 0.496 e. The number of anilines is 1. The molecule has 0 bridgehead atoms. The molecule has 2 rings (SSSR count). The third kappa shape index (κ3) is 3.85. The van der Waals surface area contributed by atoms with E-state index in [4.69, 9.17) is 17.0 Å². The summed E-state index contributed by atoms with van der Waals surface area (Å²) in [5.74, 6) is -0.0184. The number of nitrogens with zero attached hydrogens (tertiary/aromatic N) is 1. The number of nitro benzene ring substituents is 1. The van der Waals surface area contributed by atoms with Crippen molar-refractivity contribution in [2.24, 2.45) is 0 Å². The first-order valence-electron chi connectivity index (χ1n) is 6.93. The van der Waals surface area contributed by atoms with E-state index in [1.807, 2.05) is 13.0 Å². The predicted octanol–water partition coefficient (Wildman–Crippen LogP) is 3.04. The summed E-state index contributed by atoms with van der Waals surface area (Å²) >= 11 is 5.06. The van der Waals surface area contributed by atoms with Crippen LogP contribution in [-0.4, -0.2) is 23.1 Å². The van der Waals surface area contributed by atoms with Crippen LogP contribution in [0.3, 0.4) is 0 Å². The van der Waals surface area contributed by atoms with Gasteiger partial charge in [-0.1, -0.05) is 24.3 Å². The summed E-state index contributed by atoms with van der Waals surface area (Å²) < 4.78 is 5.23. The van der Waals surface area contributed by atoms with Crippen LogP contribution >= 0.6 is 12.2 Å². The highest BCUT2D eigenvalue weighted by atomic mass is 32.1. The molecular formula is C16H15N3O4S. The van der Waals surface area contributed by atoms with Crippen LogP contribution in [0.25, 0.3) is 0 Å². The van der Waals surface area contributed by atoms with Crippen molar-refractivity contribution in [2.75, 3.05) is 12.4 Å². The van der Waals surface area contributed by atoms with Crippen molar-refractivity contribution in [3.63, 3.8) is 0 Å². The van der Waals surface area contributed by atoms with E-state index >= 15 is 0 Å². The van der Waals surface area contributed by atoms with Crippen molar-refractivity contribution in [3.8, 4) is 5.75 Å². The highest BCUT2D eigenvalue weighted by molar-refractivity contribution is 7.80. The summed E-state index contributed by atoms with van der Waals surface area (Å²) in [5, 5.41) is 16.1. The number of hydrogen-bond acceptors (Lipinski definition) is 5. The Kier molecular flexibility index (Phi) is 5.43. The van der Waals surface area contributed by atoms with Crippen molar-refractivity contribution in [1.82, 2.24) is 5.32 Å². The molecule has 0 atom stereocenters. The van der Waals surface area contributed by atoms with Gasteiger partial charge in [-0.2, -0.15) is 0 Å². The lowest BCUT2D eigenvalue weighted by atomic mass is 10.1. The molecule has 0 aliphatic carbocycles. The molecule has 2 aromatic carbocycles. The molecule has 1 amide bonds. The van der Waals surface area contributed by atoms with E-state index in [-0.39, 0.29) is 16.5 Å². The van der Waals surface area contributed by atoms with E-state index in [1.54, 1.807) is 24.3 Å². The first kappa shape index (κ1) is 17.4. The number of rotatable bonds is 4. The standard InChI is InChI=1S/C16H15N3O4S/c1-10-6-5-7-11(14(10)23-2)15(20)18-16(24)17-12-8-3-4-9-13(12)19(21)22/h3-9H,1-2H3,(H2,17,18,20,24). The first-order chi connectivity index (χ1) is 11.4. The van der Waals surface area contributed by atoms with Crippen LogP contribution in [0.5, 0.6) is 5.75 Å². The number of nitro groups is 1. The minimum Gasteiger partial charge on any atom is -0.496 e. The van der Waals surface area contributed by atoms with Gasteiger partial charge in [-0.25, -0.2) is 0 Å². The Morgan fingerprint density at radius 3 is 2.58 bits per heavy atom. The summed E-state index contributed by atoms with van der Waals surface area (Å²) in [6.07, 6.45) is 0. The summed E-state index contributed by atoms with van der Waals surface area (Å²) in [7, 11) is 1.48. The lowest BCUT2D eigenvalue weighted by molar-refractivity contribution is -0.383. The molecule has 124 valence electrons. The number of ether oxygens (including phenoxy) is 1. The van der Waals surface area contributed by atoms with E-state index < -0.39 is 10.8 Å². The van der Waals surface area contributed by atoms with Gasteiger partial charge >= 0.3 is 0 Å². The maximum Gasteiger partial charge on any atom is 0.292 e. The monoisotopic (exact) mass is 345 g/mol. The number of aryl methyl sites for hydroxylation is 1. The molecule has 0 aliphatic heterocycles. The fourth-order valence-electron chi connectivity index (χ4n) is 2.16. The van der Waals surface area contributed by atoms with Crippen molar-refractivity contribution >= 4 is 34.6 Å². The molecule has 2 aromatic rings. The Bertz CT molecular complexity index is 808. The molecule has 0 heterocycles. The second-order valence-electron chi connectivity index (χ2n) is 4.84. The Hall–Kier alpha value is -3.00. The van der Waals surface area contributed by atoms with Crippen molar-refractivity contribution in [1.29, 1.82) is 0 Å². The molecule has 2 N–H and O–H groups in total. The minimum atomic E-state index is -0.531. The van der Waals surface area contributed by atoms with Gasteiger partial charge in [0.25, 0.3) is 11.6 Å². The summed E-state index contributed by atoms with van der Waals surface area (Å²) in [6, 6.07) is 11.2. The Morgan fingerprint density at radius 1 is 1.21 bits per heavy atom. The molecule has 0 spiro atoms. The van der Waals surface area contributed by atoms with E-state index in [0.717, 1.165) is 5.56 Å². The van der Waals surface area contributed by atoms with Gasteiger partial charge in [-0.3, -0.25) is 20.2 Å². The number of methoxy groups -OCH3 is 1. The molecule has 0 aromatic heterocycles. The van der Waals surface area contributed by atoms with Crippen LogP contribution in [-0.2, 0) is 0 Å². The Morgan fingerprint density at radius 2 is 1.92 bits per heavy atom. The Labute approximate surface area is 143 Å². The van der Waals surface area contributed by atoms with E-state index in [9.17, 15) is 14.9 Å². The van der Waals surface area contributed by atoms with Crippen LogP contribution in [0.1, 0.15) is 15.9 Å². The van der Waals surface area contributed by atoms with Gasteiger partial charge in [0.15, 0.2) is 5.11 Å². The van der Waals surface area contributed by atoms with Gasteiger partial charge in [0, 0.05) is 6.07 Å². The number of amides is 1. The summed E-state index contributed by atoms with van der Waals surface area (Å²) in [5.41, 5.74) is 1.19. The van der Waals surface area contributed by atoms with E-state index in [2.05, 4.69) is 10.6 Å². The quantitative estimate of drug-likeness (QED) is 0.502. The number of nitrogens with one attached hydrogen (secondary N) is 2. The zero-order chi connectivity index (χ0) is 17.7. The summed E-state index contributed by atoms with van der Waals surface area (Å²) in [6.45, 7) is 1.82. The zero-order valence-electron chi connectivity index (χ0n) is 13.0. The van der Waals surface area contributed by atoms with Gasteiger partial charge in [-0.15, -0.1) is 0 Å². The van der Waals surface area contributed by atoms with Gasteiger partial charge in [0.1, 0.15) is 11.4 Å². The lowest BCUT2D eigenvalue weighted by Gasteiger charge is -2.13. The number of benzene rings is 2. The van der Waals surface area contributed by atoms with Gasteiger partial charge in [0.2, 0.25) is 0 Å². The van der Waals surface area contributed by atoms with Crippen LogP contribution in [0.2, 0.25) is 0 Å². The van der Waals surface area contributed by atoms with E-state index in [0.29, 0.717) is 11.3 Å². The molecule has 0 saturated carbocycles. The topological polar surface area (TPSA) is 93.5 Å². The molecule has 0 unspecified atom stereocenters. The predicted molar refractivity (Wildman–Crippen MR) is 94.5 cm³/mol. The van der Waals surface area contributed by atoms with Gasteiger partial charge < -0.3 is 10.1 Å². The molecule has 0 aliphatic rings. The normalized spacial score (nSPS) is 9.92. The fraction of sp³-hybridized carbons (Fsp3) is 0.125. The van der Waals surface area contributed by atoms with Crippen molar-refractivity contribution in [2.45, 2.75) is 6.92 Å². The minimum absolute atomic E-state index is 0.0436. The zero-order valence-corrected chi connectivity index (χ0v) is 13.8. The number of para-hydroxylation sites is 3. The van der Waals surface area contributed by atoms with Crippen LogP contribution in [0.4, 0.5) is 11.4 Å². The maximum atomic E-state index is 12.3. The van der Waals surface area contributed by atoms with Crippen LogP contribution in [0.15, 0.2) is 42.5 Å². The van der Waals surface area contributed by atoms with Crippen LogP contribution in [0, 0.1) is 17.0 Å². The second-order valence-corrected chi connectivity index (χ2v) is 5.25. The highest BCUT2D eigenvalue weighted by Crippen LogP contribution is 2.24. The van der Waals surface area contributed by atoms with Gasteiger partial charge in [0.05, 0.1) is 17.6 Å². The molecule has 0 fully saturated rings. The van der Waals surface area contributed by atoms with E-state index in [1.165, 1.54) is 19.2 Å². The van der Waals surface area contributed by atoms with Crippen LogP contribution < -0.4 is 15.4 Å². The first-order valence-corrected chi connectivity index (χ1v) is 7.34. The molecule has 8 heteroatoms. The highest BCUT2D eigenvalue weighted by Gasteiger charge is 2.17. The number of carbonyl (C=O) groups is 1. The Balaban J connectivity index is 2.15. The van der Waals surface area contributed by atoms with Crippen molar-refractivity contribution in [3.05, 3.63) is 63.7 Å². The van der Waals surface area contributed by atoms with Crippen molar-refractivity contribution < 1.29 is 14.5 Å².